The third-order valence-electron chi connectivity index (χ3n) is 5.33. The monoisotopic (exact) mass is 387 g/mol. The zero-order chi connectivity index (χ0) is 19.5. The molecule has 2 N–H and O–H groups in total. The van der Waals surface area contributed by atoms with E-state index in [1.165, 1.54) is 16.7 Å². The number of benzene rings is 1. The van der Waals surface area contributed by atoms with Crippen LogP contribution in [-0.2, 0) is 14.4 Å². The van der Waals surface area contributed by atoms with Crippen LogP contribution in [0.25, 0.3) is 0 Å². The molecule has 8 heteroatoms. The number of nitrogens with one attached hydrogen (secondary N) is 1. The molecule has 0 aliphatic carbocycles. The van der Waals surface area contributed by atoms with Gasteiger partial charge in [0.15, 0.2) is 0 Å². The number of rotatable bonds is 3. The Morgan fingerprint density at radius 3 is 2.52 bits per heavy atom. The van der Waals surface area contributed by atoms with Gasteiger partial charge in [0, 0.05) is 5.75 Å². The molecule has 3 atom stereocenters. The Morgan fingerprint density at radius 1 is 1.22 bits per heavy atom. The predicted octanol–water partition coefficient (Wildman–Crippen LogP) is 1.54. The van der Waals surface area contributed by atoms with E-state index >= 15 is 0 Å². The fourth-order valence-corrected chi connectivity index (χ4v) is 5.45. The molecule has 0 saturated carbocycles. The van der Waals surface area contributed by atoms with Crippen LogP contribution in [0.5, 0.6) is 0 Å². The van der Waals surface area contributed by atoms with Crippen molar-refractivity contribution in [1.82, 2.24) is 15.1 Å². The van der Waals surface area contributed by atoms with E-state index in [1.807, 2.05) is 44.2 Å². The summed E-state index contributed by atoms with van der Waals surface area (Å²) in [6.45, 7) is 5.47. The molecule has 4 rings (SSSR count). The quantitative estimate of drug-likeness (QED) is 0.765. The van der Waals surface area contributed by atoms with E-state index in [2.05, 4.69) is 5.32 Å². The maximum Gasteiger partial charge on any atom is 0.352 e. The lowest BCUT2D eigenvalue weighted by Crippen LogP contribution is -2.73. The number of carboxylic acid groups (broad SMARTS) is 1. The van der Waals surface area contributed by atoms with Gasteiger partial charge < -0.3 is 10.0 Å². The number of carbonyl (C=O) groups excluding carboxylic acids is 2. The average Bonchev–Trinajstić information content (AvgIpc) is 2.86. The minimum absolute atomic E-state index is 0.0528. The summed E-state index contributed by atoms with van der Waals surface area (Å²) in [5.74, 6) is -1.06. The van der Waals surface area contributed by atoms with Crippen LogP contribution in [0.2, 0.25) is 0 Å². The van der Waals surface area contributed by atoms with Gasteiger partial charge in [-0.1, -0.05) is 30.3 Å². The van der Waals surface area contributed by atoms with Crippen molar-refractivity contribution < 1.29 is 19.5 Å². The Hall–Kier alpha value is -2.32. The molecular formula is C19H21N3O4S. The Morgan fingerprint density at radius 2 is 1.89 bits per heavy atom. The lowest BCUT2D eigenvalue weighted by molar-refractivity contribution is -0.162. The second-order valence-corrected chi connectivity index (χ2v) is 8.65. The topological polar surface area (TPSA) is 90.0 Å². The number of hydrogen-bond donors (Lipinski definition) is 2. The first-order valence-electron chi connectivity index (χ1n) is 8.77. The molecule has 3 heterocycles. The first-order valence-corrected chi connectivity index (χ1v) is 9.82. The van der Waals surface area contributed by atoms with E-state index in [0.29, 0.717) is 11.3 Å². The van der Waals surface area contributed by atoms with E-state index < -0.39 is 23.7 Å². The Bertz CT molecular complexity index is 867. The molecule has 2 unspecified atom stereocenters. The van der Waals surface area contributed by atoms with E-state index in [1.54, 1.807) is 11.8 Å². The molecule has 27 heavy (non-hydrogen) atoms. The number of nitrogens with zero attached hydrogens (tertiary/aromatic N) is 2. The predicted molar refractivity (Wildman–Crippen MR) is 100 cm³/mol. The first kappa shape index (κ1) is 18.1. The highest BCUT2D eigenvalue weighted by molar-refractivity contribution is 8.00. The summed E-state index contributed by atoms with van der Waals surface area (Å²) in [4.78, 5) is 40.7. The fourth-order valence-electron chi connectivity index (χ4n) is 4.12. The highest BCUT2D eigenvalue weighted by Crippen LogP contribution is 2.46. The largest absolute Gasteiger partial charge is 0.477 e. The van der Waals surface area contributed by atoms with E-state index in [0.717, 1.165) is 5.56 Å². The Labute approximate surface area is 161 Å². The summed E-state index contributed by atoms with van der Waals surface area (Å²) in [6, 6.07) is 8.22. The standard InChI is InChI=1S/C19H21N3O4S/c1-10-9-27-17-14(16(24)21(17)13(10)18(25)26)22-15(23)12(20-19(22,2)3)11-7-5-4-6-8-11/h4-8,12,14,17,20H,9H2,1-3H3,(H,25,26)/t12?,14?,17-/m0/s1. The molecule has 0 radical (unpaired) electrons. The maximum absolute atomic E-state index is 13.2. The minimum Gasteiger partial charge on any atom is -0.477 e. The van der Waals surface area contributed by atoms with Gasteiger partial charge in [0.2, 0.25) is 5.91 Å². The number of fused-ring (bicyclic) bond motifs is 1. The molecule has 1 aromatic carbocycles. The summed E-state index contributed by atoms with van der Waals surface area (Å²) in [5.41, 5.74) is 0.851. The van der Waals surface area contributed by atoms with Gasteiger partial charge in [-0.25, -0.2) is 4.79 Å². The number of amides is 2. The molecule has 3 aliphatic rings. The molecule has 0 spiro atoms. The smallest absolute Gasteiger partial charge is 0.352 e. The SMILES string of the molecule is CC1=C(C(=O)O)N2C(=O)C(N3C(=O)C(c4ccccc4)NC3(C)C)[C@@H]2SC1. The zero-order valence-corrected chi connectivity index (χ0v) is 16.1. The van der Waals surface area contributed by atoms with E-state index in [4.69, 9.17) is 0 Å². The van der Waals surface area contributed by atoms with Crippen LogP contribution in [0, 0.1) is 0 Å². The summed E-state index contributed by atoms with van der Waals surface area (Å²) in [5, 5.41) is 12.4. The van der Waals surface area contributed by atoms with Crippen molar-refractivity contribution in [3.05, 3.63) is 47.2 Å². The third-order valence-corrected chi connectivity index (χ3v) is 6.74. The lowest BCUT2D eigenvalue weighted by Gasteiger charge is -2.54. The van der Waals surface area contributed by atoms with Gasteiger partial charge in [0.1, 0.15) is 23.2 Å². The van der Waals surface area contributed by atoms with Gasteiger partial charge in [-0.2, -0.15) is 0 Å². The molecule has 2 amide bonds. The summed E-state index contributed by atoms with van der Waals surface area (Å²) >= 11 is 1.50. The number of β-lactam (4-membered cyclic amide) rings is 1. The number of hydrogen-bond acceptors (Lipinski definition) is 5. The number of carbonyl (C=O) groups is 3. The minimum atomic E-state index is -1.10. The molecule has 0 bridgehead atoms. The second-order valence-electron chi connectivity index (χ2n) is 7.54. The Kier molecular flexibility index (Phi) is 4.08. The summed E-state index contributed by atoms with van der Waals surface area (Å²) in [7, 11) is 0. The van der Waals surface area contributed by atoms with Gasteiger partial charge in [-0.15, -0.1) is 11.8 Å². The Balaban J connectivity index is 1.66. The van der Waals surface area contributed by atoms with Crippen LogP contribution in [0.3, 0.4) is 0 Å². The summed E-state index contributed by atoms with van der Waals surface area (Å²) < 4.78 is 0. The zero-order valence-electron chi connectivity index (χ0n) is 15.3. The molecule has 7 nitrogen and oxygen atoms in total. The molecule has 0 aromatic heterocycles. The van der Waals surface area contributed by atoms with Crippen molar-refractivity contribution in [2.75, 3.05) is 5.75 Å². The van der Waals surface area contributed by atoms with Crippen LogP contribution < -0.4 is 5.32 Å². The normalized spacial score (nSPS) is 29.7. The molecular weight excluding hydrogens is 366 g/mol. The van der Waals surface area contributed by atoms with E-state index in [9.17, 15) is 19.5 Å². The maximum atomic E-state index is 13.2. The average molecular weight is 387 g/mol. The third kappa shape index (κ3) is 2.58. The summed E-state index contributed by atoms with van der Waals surface area (Å²) in [6.07, 6.45) is 0. The van der Waals surface area contributed by atoms with Crippen molar-refractivity contribution in [1.29, 1.82) is 0 Å². The first-order chi connectivity index (χ1) is 12.7. The van der Waals surface area contributed by atoms with Gasteiger partial charge in [0.05, 0.1) is 5.66 Å². The molecule has 2 saturated heterocycles. The van der Waals surface area contributed by atoms with Crippen molar-refractivity contribution in [2.24, 2.45) is 0 Å². The lowest BCUT2D eigenvalue weighted by atomic mass is 9.99. The molecule has 142 valence electrons. The van der Waals surface area contributed by atoms with Crippen LogP contribution in [0.15, 0.2) is 41.6 Å². The molecule has 2 fully saturated rings. The molecule has 3 aliphatic heterocycles. The highest BCUT2D eigenvalue weighted by atomic mass is 32.2. The van der Waals surface area contributed by atoms with Crippen LogP contribution >= 0.6 is 11.8 Å². The van der Waals surface area contributed by atoms with Crippen LogP contribution in [-0.4, -0.2) is 55.5 Å². The number of aliphatic carboxylic acids is 1. The van der Waals surface area contributed by atoms with E-state index in [-0.39, 0.29) is 22.9 Å². The number of carboxylic acids is 1. The van der Waals surface area contributed by atoms with Crippen molar-refractivity contribution in [3.63, 3.8) is 0 Å². The second kappa shape index (κ2) is 6.10. The molecule has 1 aromatic rings. The van der Waals surface area contributed by atoms with Crippen molar-refractivity contribution in [2.45, 2.75) is 43.9 Å². The van der Waals surface area contributed by atoms with Gasteiger partial charge >= 0.3 is 5.97 Å². The van der Waals surface area contributed by atoms with Gasteiger partial charge in [-0.3, -0.25) is 19.8 Å². The van der Waals surface area contributed by atoms with Gasteiger partial charge in [-0.05, 0) is 31.9 Å². The van der Waals surface area contributed by atoms with Crippen LogP contribution in [0.4, 0.5) is 0 Å². The van der Waals surface area contributed by atoms with Gasteiger partial charge in [0.25, 0.3) is 5.91 Å². The fraction of sp³-hybridized carbons (Fsp3) is 0.421. The van der Waals surface area contributed by atoms with Crippen LogP contribution in [0.1, 0.15) is 32.4 Å². The van der Waals surface area contributed by atoms with Crippen molar-refractivity contribution in [3.8, 4) is 0 Å². The number of thioether (sulfide) groups is 1. The van der Waals surface area contributed by atoms with Crippen molar-refractivity contribution >= 4 is 29.5 Å². The highest BCUT2D eigenvalue weighted by Gasteiger charge is 2.61.